The first-order valence-electron chi connectivity index (χ1n) is 8.07. The minimum atomic E-state index is -0.779. The summed E-state index contributed by atoms with van der Waals surface area (Å²) < 4.78 is 36.9. The summed E-state index contributed by atoms with van der Waals surface area (Å²) in [7, 11) is 3.01. The Balaban J connectivity index is 1.70. The number of nitrogens with one attached hydrogen (secondary N) is 2. The lowest BCUT2D eigenvalue weighted by Gasteiger charge is -2.11. The van der Waals surface area contributed by atoms with Gasteiger partial charge in [0, 0.05) is 30.2 Å². The Kier molecular flexibility index (Phi) is 5.64. The Morgan fingerprint density at radius 2 is 1.68 bits per heavy atom. The van der Waals surface area contributed by atoms with Crippen molar-refractivity contribution in [2.75, 3.05) is 24.9 Å². The number of ether oxygens (including phenoxy) is 2. The van der Waals surface area contributed by atoms with E-state index in [0.717, 1.165) is 12.1 Å². The van der Waals surface area contributed by atoms with E-state index in [1.807, 2.05) is 0 Å². The first-order chi connectivity index (χ1) is 13.5. The van der Waals surface area contributed by atoms with Crippen LogP contribution in [0.25, 0.3) is 0 Å². The van der Waals surface area contributed by atoms with Crippen LogP contribution in [0.3, 0.4) is 0 Å². The van der Waals surface area contributed by atoms with Gasteiger partial charge in [0.25, 0.3) is 5.91 Å². The number of methoxy groups -OCH3 is 2. The molecule has 1 amide bonds. The first-order valence-corrected chi connectivity index (χ1v) is 8.07. The summed E-state index contributed by atoms with van der Waals surface area (Å²) in [4.78, 5) is 20.3. The number of hydrogen-bond acceptors (Lipinski definition) is 6. The maximum absolute atomic E-state index is 13.7. The maximum atomic E-state index is 13.7. The Bertz CT molecular complexity index is 997. The van der Waals surface area contributed by atoms with E-state index in [1.165, 1.54) is 32.7 Å². The van der Waals surface area contributed by atoms with Crippen LogP contribution in [0.15, 0.2) is 48.8 Å². The van der Waals surface area contributed by atoms with Crippen molar-refractivity contribution in [2.24, 2.45) is 0 Å². The van der Waals surface area contributed by atoms with Crippen LogP contribution in [0.2, 0.25) is 0 Å². The van der Waals surface area contributed by atoms with E-state index in [9.17, 15) is 13.6 Å². The van der Waals surface area contributed by atoms with Gasteiger partial charge in [0.1, 0.15) is 11.6 Å². The normalized spacial score (nSPS) is 10.3. The number of halogens is 2. The molecule has 0 aliphatic carbocycles. The third-order valence-corrected chi connectivity index (χ3v) is 3.73. The van der Waals surface area contributed by atoms with Crippen LogP contribution < -0.4 is 20.1 Å². The van der Waals surface area contributed by atoms with Gasteiger partial charge in [-0.25, -0.2) is 18.7 Å². The summed E-state index contributed by atoms with van der Waals surface area (Å²) in [5.74, 6) is -0.838. The Morgan fingerprint density at radius 1 is 0.964 bits per heavy atom. The molecule has 0 aliphatic rings. The van der Waals surface area contributed by atoms with Crippen molar-refractivity contribution in [2.45, 2.75) is 0 Å². The predicted molar refractivity (Wildman–Crippen MR) is 99.2 cm³/mol. The number of carbonyl (C=O) groups excluding carboxylic acids is 1. The highest BCUT2D eigenvalue weighted by atomic mass is 19.1. The molecule has 1 heterocycles. The van der Waals surface area contributed by atoms with Gasteiger partial charge < -0.3 is 20.1 Å². The smallest absolute Gasteiger partial charge is 0.258 e. The quantitative estimate of drug-likeness (QED) is 0.671. The Labute approximate surface area is 159 Å². The second kappa shape index (κ2) is 8.30. The number of amides is 1. The van der Waals surface area contributed by atoms with Crippen LogP contribution in [0.4, 0.5) is 26.1 Å². The maximum Gasteiger partial charge on any atom is 0.258 e. The molecule has 144 valence electrons. The summed E-state index contributed by atoms with van der Waals surface area (Å²) in [6.45, 7) is 0. The number of nitrogens with zero attached hydrogens (tertiary/aromatic N) is 2. The number of benzene rings is 2. The van der Waals surface area contributed by atoms with Crippen molar-refractivity contribution < 1.29 is 23.0 Å². The summed E-state index contributed by atoms with van der Waals surface area (Å²) in [5, 5.41) is 5.31. The Morgan fingerprint density at radius 3 is 2.32 bits per heavy atom. The minimum Gasteiger partial charge on any atom is -0.493 e. The van der Waals surface area contributed by atoms with Crippen molar-refractivity contribution in [1.29, 1.82) is 0 Å². The molecular weight excluding hydrogens is 370 g/mol. The van der Waals surface area contributed by atoms with Gasteiger partial charge in [0.15, 0.2) is 11.5 Å². The first kappa shape index (κ1) is 19.0. The summed E-state index contributed by atoms with van der Waals surface area (Å²) >= 11 is 0. The number of anilines is 3. The highest BCUT2D eigenvalue weighted by Gasteiger charge is 2.11. The van der Waals surface area contributed by atoms with Crippen molar-refractivity contribution in [3.05, 3.63) is 66.0 Å². The summed E-state index contributed by atoms with van der Waals surface area (Å²) in [5.41, 5.74) is 0.710. The van der Waals surface area contributed by atoms with Gasteiger partial charge in [0.2, 0.25) is 5.95 Å². The molecule has 3 aromatic rings. The average Bonchev–Trinajstić information content (AvgIpc) is 2.70. The molecule has 9 heteroatoms. The van der Waals surface area contributed by atoms with Crippen LogP contribution in [0.1, 0.15) is 10.4 Å². The summed E-state index contributed by atoms with van der Waals surface area (Å²) in [6.07, 6.45) is 2.57. The Hall–Kier alpha value is -3.75. The molecule has 0 fully saturated rings. The van der Waals surface area contributed by atoms with Gasteiger partial charge in [-0.15, -0.1) is 0 Å². The highest BCUT2D eigenvalue weighted by molar-refractivity contribution is 6.04. The van der Waals surface area contributed by atoms with Crippen LogP contribution in [-0.2, 0) is 0 Å². The predicted octanol–water partition coefficient (Wildman–Crippen LogP) is 3.77. The molecule has 0 saturated carbocycles. The number of hydrogen-bond donors (Lipinski definition) is 2. The fourth-order valence-electron chi connectivity index (χ4n) is 2.34. The van der Waals surface area contributed by atoms with E-state index in [4.69, 9.17) is 9.47 Å². The summed E-state index contributed by atoms with van der Waals surface area (Å²) in [6, 6.07) is 8.02. The number of rotatable bonds is 6. The number of carbonyl (C=O) groups is 1. The average molecular weight is 386 g/mol. The highest BCUT2D eigenvalue weighted by Crippen LogP contribution is 2.29. The lowest BCUT2D eigenvalue weighted by atomic mass is 10.2. The largest absolute Gasteiger partial charge is 0.493 e. The zero-order chi connectivity index (χ0) is 20.1. The minimum absolute atomic E-state index is 0.0175. The van der Waals surface area contributed by atoms with Gasteiger partial charge in [-0.1, -0.05) is 0 Å². The molecule has 0 atom stereocenters. The molecule has 0 unspecified atom stereocenters. The van der Waals surface area contributed by atoms with Gasteiger partial charge in [0.05, 0.1) is 25.5 Å². The van der Waals surface area contributed by atoms with E-state index in [-0.39, 0.29) is 17.2 Å². The zero-order valence-corrected chi connectivity index (χ0v) is 15.0. The molecule has 7 nitrogen and oxygen atoms in total. The second-order valence-corrected chi connectivity index (χ2v) is 5.57. The van der Waals surface area contributed by atoms with Crippen molar-refractivity contribution in [3.63, 3.8) is 0 Å². The molecule has 0 saturated heterocycles. The van der Waals surface area contributed by atoms with Gasteiger partial charge >= 0.3 is 0 Å². The van der Waals surface area contributed by atoms with Crippen molar-refractivity contribution >= 4 is 23.2 Å². The number of aromatic nitrogens is 2. The van der Waals surface area contributed by atoms with Crippen LogP contribution in [-0.4, -0.2) is 30.1 Å². The molecule has 0 spiro atoms. The molecule has 28 heavy (non-hydrogen) atoms. The lowest BCUT2D eigenvalue weighted by Crippen LogP contribution is -2.13. The molecule has 3 rings (SSSR count). The van der Waals surface area contributed by atoms with Gasteiger partial charge in [-0.3, -0.25) is 4.79 Å². The lowest BCUT2D eigenvalue weighted by molar-refractivity contribution is 0.102. The van der Waals surface area contributed by atoms with E-state index in [2.05, 4.69) is 20.6 Å². The monoisotopic (exact) mass is 386 g/mol. The molecular formula is C19H16F2N4O3. The van der Waals surface area contributed by atoms with Crippen LogP contribution in [0, 0.1) is 11.6 Å². The van der Waals surface area contributed by atoms with Crippen LogP contribution >= 0.6 is 0 Å². The second-order valence-electron chi connectivity index (χ2n) is 5.57. The van der Waals surface area contributed by atoms with E-state index < -0.39 is 17.5 Å². The van der Waals surface area contributed by atoms with Crippen molar-refractivity contribution in [1.82, 2.24) is 9.97 Å². The molecule has 2 aromatic carbocycles. The van der Waals surface area contributed by atoms with E-state index in [1.54, 1.807) is 18.2 Å². The molecule has 0 bridgehead atoms. The van der Waals surface area contributed by atoms with E-state index >= 15 is 0 Å². The van der Waals surface area contributed by atoms with E-state index in [0.29, 0.717) is 17.2 Å². The topological polar surface area (TPSA) is 85.4 Å². The van der Waals surface area contributed by atoms with Gasteiger partial charge in [-0.2, -0.15) is 0 Å². The fraction of sp³-hybridized carbons (Fsp3) is 0.105. The third kappa shape index (κ3) is 4.32. The van der Waals surface area contributed by atoms with Gasteiger partial charge in [-0.05, 0) is 24.3 Å². The molecule has 0 aliphatic heterocycles. The SMILES string of the molecule is COc1ccc(NC(=O)c2cnc(Nc3ccc(F)cc3F)nc2)cc1OC. The zero-order valence-electron chi connectivity index (χ0n) is 15.0. The standard InChI is InChI=1S/C19H16F2N4O3/c1-27-16-6-4-13(8-17(16)28-2)24-18(26)11-9-22-19(23-10-11)25-15-5-3-12(20)7-14(15)21/h3-10H,1-2H3,(H,24,26)(H,22,23,25). The molecule has 1 aromatic heterocycles. The molecule has 0 radical (unpaired) electrons. The fourth-order valence-corrected chi connectivity index (χ4v) is 2.34. The van der Waals surface area contributed by atoms with Crippen LogP contribution in [0.5, 0.6) is 11.5 Å². The van der Waals surface area contributed by atoms with Crippen molar-refractivity contribution in [3.8, 4) is 11.5 Å². The third-order valence-electron chi connectivity index (χ3n) is 3.73. The molecule has 2 N–H and O–H groups in total.